The average Bonchev–Trinajstić information content (AvgIpc) is 2.87. The lowest BCUT2D eigenvalue weighted by Gasteiger charge is -2.29. The van der Waals surface area contributed by atoms with Gasteiger partial charge in [0.1, 0.15) is 11.9 Å². The number of hydrogen-bond donors (Lipinski definition) is 1. The Morgan fingerprint density at radius 1 is 0.864 bits per heavy atom. The van der Waals surface area contributed by atoms with E-state index in [4.69, 9.17) is 9.47 Å². The molecule has 2 fully saturated rings. The summed E-state index contributed by atoms with van der Waals surface area (Å²) in [5.41, 5.74) is 0. The Hall–Kier alpha value is -2.07. The summed E-state index contributed by atoms with van der Waals surface area (Å²) in [6.45, 7) is 0. The Bertz CT molecular complexity index is 620. The van der Waals surface area contributed by atoms with Crippen LogP contribution < -0.4 is 14.8 Å². The quantitative estimate of drug-likeness (QED) is 0.937. The van der Waals surface area contributed by atoms with Crippen LogP contribution in [0.4, 0.5) is 0 Å². The first kappa shape index (κ1) is 13.6. The molecule has 4 rings (SSSR count). The molecule has 3 atom stereocenters. The van der Waals surface area contributed by atoms with Crippen LogP contribution in [0.5, 0.6) is 17.5 Å². The molecular weight excluding hydrogens is 276 g/mol. The number of nitrogens with one attached hydrogen (secondary N) is 1. The summed E-state index contributed by atoms with van der Waals surface area (Å²) in [6.07, 6.45) is 4.95. The van der Waals surface area contributed by atoms with Crippen molar-refractivity contribution in [2.75, 3.05) is 0 Å². The largest absolute Gasteiger partial charge is 0.474 e. The highest BCUT2D eigenvalue weighted by Crippen LogP contribution is 2.30. The number of piperidine rings is 1. The minimum Gasteiger partial charge on any atom is -0.474 e. The molecule has 1 aromatic heterocycles. The highest BCUT2D eigenvalue weighted by molar-refractivity contribution is 5.28. The lowest BCUT2D eigenvalue weighted by atomic mass is 10.0. The zero-order chi connectivity index (χ0) is 14.8. The Morgan fingerprint density at radius 3 is 2.36 bits per heavy atom. The third kappa shape index (κ3) is 3.07. The van der Waals surface area contributed by atoms with Crippen molar-refractivity contribution in [1.29, 1.82) is 0 Å². The van der Waals surface area contributed by atoms with Crippen molar-refractivity contribution in [3.63, 3.8) is 0 Å². The standard InChI is InChI=1S/C18H20N2O2/c1-2-5-15(6-3-1)21-17-7-4-8-18(20-17)22-16-11-13-9-10-14(12-16)19-13/h1-8,13-14,16,19H,9-12H2/t13-,14+,16?. The first-order valence-corrected chi connectivity index (χ1v) is 7.98. The Kier molecular flexibility index (Phi) is 3.69. The molecule has 22 heavy (non-hydrogen) atoms. The Morgan fingerprint density at radius 2 is 1.59 bits per heavy atom. The van der Waals surface area contributed by atoms with E-state index >= 15 is 0 Å². The molecule has 3 heterocycles. The van der Waals surface area contributed by atoms with Gasteiger partial charge in [0, 0.05) is 24.2 Å². The second kappa shape index (κ2) is 5.97. The predicted octanol–water partition coefficient (Wildman–Crippen LogP) is 3.54. The monoisotopic (exact) mass is 296 g/mol. The van der Waals surface area contributed by atoms with Crippen molar-refractivity contribution in [2.45, 2.75) is 43.9 Å². The van der Waals surface area contributed by atoms with Gasteiger partial charge in [-0.2, -0.15) is 4.98 Å². The number of pyridine rings is 1. The predicted molar refractivity (Wildman–Crippen MR) is 84.3 cm³/mol. The molecule has 2 aliphatic rings. The number of hydrogen-bond acceptors (Lipinski definition) is 4. The minimum absolute atomic E-state index is 0.262. The first-order chi connectivity index (χ1) is 10.8. The van der Waals surface area contributed by atoms with Gasteiger partial charge in [-0.25, -0.2) is 0 Å². The number of ether oxygens (including phenoxy) is 2. The molecule has 1 unspecified atom stereocenters. The summed E-state index contributed by atoms with van der Waals surface area (Å²) in [5, 5.41) is 3.63. The van der Waals surface area contributed by atoms with Gasteiger partial charge < -0.3 is 14.8 Å². The topological polar surface area (TPSA) is 43.4 Å². The number of benzene rings is 1. The van der Waals surface area contributed by atoms with Crippen LogP contribution in [0.15, 0.2) is 48.5 Å². The number of fused-ring (bicyclic) bond motifs is 2. The molecule has 4 heteroatoms. The second-order valence-electron chi connectivity index (χ2n) is 6.08. The zero-order valence-electron chi connectivity index (χ0n) is 12.4. The van der Waals surface area contributed by atoms with Gasteiger partial charge in [0.05, 0.1) is 0 Å². The molecular formula is C18H20N2O2. The zero-order valence-corrected chi connectivity index (χ0v) is 12.4. The molecule has 0 aliphatic carbocycles. The van der Waals surface area contributed by atoms with Crippen LogP contribution in [-0.2, 0) is 0 Å². The molecule has 0 saturated carbocycles. The van der Waals surface area contributed by atoms with E-state index in [0.29, 0.717) is 23.8 Å². The molecule has 1 N–H and O–H groups in total. The molecule has 2 aromatic rings. The summed E-state index contributed by atoms with van der Waals surface area (Å²) in [5.74, 6) is 2.01. The maximum absolute atomic E-state index is 6.08. The van der Waals surface area contributed by atoms with Gasteiger partial charge in [0.15, 0.2) is 0 Å². The van der Waals surface area contributed by atoms with E-state index in [-0.39, 0.29) is 6.10 Å². The van der Waals surface area contributed by atoms with Crippen molar-refractivity contribution in [2.24, 2.45) is 0 Å². The summed E-state index contributed by atoms with van der Waals surface area (Å²) >= 11 is 0. The molecule has 0 radical (unpaired) electrons. The van der Waals surface area contributed by atoms with E-state index in [2.05, 4.69) is 10.3 Å². The molecule has 4 nitrogen and oxygen atoms in total. The first-order valence-electron chi connectivity index (χ1n) is 7.98. The lowest BCUT2D eigenvalue weighted by Crippen LogP contribution is -2.42. The van der Waals surface area contributed by atoms with Gasteiger partial charge in [-0.05, 0) is 37.8 Å². The van der Waals surface area contributed by atoms with Crippen LogP contribution in [0.2, 0.25) is 0 Å². The number of para-hydroxylation sites is 1. The Balaban J connectivity index is 1.43. The van der Waals surface area contributed by atoms with E-state index < -0.39 is 0 Å². The maximum atomic E-state index is 6.08. The van der Waals surface area contributed by atoms with Gasteiger partial charge in [0.2, 0.25) is 11.8 Å². The molecule has 2 bridgehead atoms. The molecule has 0 amide bonds. The summed E-state index contributed by atoms with van der Waals surface area (Å²) in [4.78, 5) is 4.47. The lowest BCUT2D eigenvalue weighted by molar-refractivity contribution is 0.131. The van der Waals surface area contributed by atoms with Crippen LogP contribution >= 0.6 is 0 Å². The van der Waals surface area contributed by atoms with Gasteiger partial charge in [0.25, 0.3) is 0 Å². The Labute approximate surface area is 130 Å². The van der Waals surface area contributed by atoms with Gasteiger partial charge in [-0.3, -0.25) is 0 Å². The van der Waals surface area contributed by atoms with Crippen molar-refractivity contribution in [1.82, 2.24) is 10.3 Å². The van der Waals surface area contributed by atoms with E-state index in [0.717, 1.165) is 18.6 Å². The van der Waals surface area contributed by atoms with Crippen molar-refractivity contribution < 1.29 is 9.47 Å². The van der Waals surface area contributed by atoms with Crippen LogP contribution in [0.3, 0.4) is 0 Å². The molecule has 0 spiro atoms. The molecule has 1 aromatic carbocycles. The van der Waals surface area contributed by atoms with Crippen LogP contribution in [-0.4, -0.2) is 23.2 Å². The number of nitrogens with zero attached hydrogens (tertiary/aromatic N) is 1. The maximum Gasteiger partial charge on any atom is 0.222 e. The fourth-order valence-corrected chi connectivity index (χ4v) is 3.40. The fraction of sp³-hybridized carbons (Fsp3) is 0.389. The van der Waals surface area contributed by atoms with Crippen LogP contribution in [0, 0.1) is 0 Å². The normalized spacial score (nSPS) is 26.6. The highest BCUT2D eigenvalue weighted by Gasteiger charge is 2.34. The van der Waals surface area contributed by atoms with E-state index in [1.807, 2.05) is 48.5 Å². The van der Waals surface area contributed by atoms with Crippen molar-refractivity contribution in [3.05, 3.63) is 48.5 Å². The highest BCUT2D eigenvalue weighted by atomic mass is 16.5. The third-order valence-corrected chi connectivity index (χ3v) is 4.38. The third-order valence-electron chi connectivity index (χ3n) is 4.38. The SMILES string of the molecule is c1ccc(Oc2cccc(OC3C[C@H]4CC[C@@H](C3)N4)n2)cc1. The summed E-state index contributed by atoms with van der Waals surface area (Å²) < 4.78 is 11.8. The minimum atomic E-state index is 0.262. The van der Waals surface area contributed by atoms with E-state index in [9.17, 15) is 0 Å². The van der Waals surface area contributed by atoms with Gasteiger partial charge in [-0.15, -0.1) is 0 Å². The molecule has 114 valence electrons. The second-order valence-corrected chi connectivity index (χ2v) is 6.08. The number of rotatable bonds is 4. The summed E-state index contributed by atoms with van der Waals surface area (Å²) in [7, 11) is 0. The molecule has 2 saturated heterocycles. The molecule has 2 aliphatic heterocycles. The van der Waals surface area contributed by atoms with E-state index in [1.54, 1.807) is 0 Å². The van der Waals surface area contributed by atoms with Crippen molar-refractivity contribution in [3.8, 4) is 17.5 Å². The summed E-state index contributed by atoms with van der Waals surface area (Å²) in [6, 6.07) is 16.6. The average molecular weight is 296 g/mol. The smallest absolute Gasteiger partial charge is 0.222 e. The van der Waals surface area contributed by atoms with Crippen LogP contribution in [0.1, 0.15) is 25.7 Å². The van der Waals surface area contributed by atoms with Crippen molar-refractivity contribution >= 4 is 0 Å². The number of aromatic nitrogens is 1. The van der Waals surface area contributed by atoms with Crippen LogP contribution in [0.25, 0.3) is 0 Å². The van der Waals surface area contributed by atoms with Gasteiger partial charge >= 0.3 is 0 Å². The fourth-order valence-electron chi connectivity index (χ4n) is 3.40. The van der Waals surface area contributed by atoms with Gasteiger partial charge in [-0.1, -0.05) is 24.3 Å². The van der Waals surface area contributed by atoms with E-state index in [1.165, 1.54) is 12.8 Å².